The van der Waals surface area contributed by atoms with Gasteiger partial charge in [0.1, 0.15) is 0 Å². The molecule has 0 bridgehead atoms. The van der Waals surface area contributed by atoms with E-state index >= 15 is 0 Å². The van der Waals surface area contributed by atoms with E-state index in [-0.39, 0.29) is 5.78 Å². The van der Waals surface area contributed by atoms with Gasteiger partial charge in [-0.05, 0) is 48.8 Å². The van der Waals surface area contributed by atoms with Gasteiger partial charge >= 0.3 is 0 Å². The lowest BCUT2D eigenvalue weighted by Crippen LogP contribution is -2.02. The minimum absolute atomic E-state index is 0.186. The lowest BCUT2D eigenvalue weighted by Gasteiger charge is -2.08. The van der Waals surface area contributed by atoms with Crippen LogP contribution in [0, 0.1) is 13.8 Å². The van der Waals surface area contributed by atoms with Crippen LogP contribution >= 0.6 is 23.1 Å². The van der Waals surface area contributed by atoms with Gasteiger partial charge in [0.05, 0.1) is 4.88 Å². The summed E-state index contributed by atoms with van der Waals surface area (Å²) < 4.78 is 0. The van der Waals surface area contributed by atoms with Gasteiger partial charge in [-0.15, -0.1) is 11.3 Å². The van der Waals surface area contributed by atoms with Gasteiger partial charge in [-0.3, -0.25) is 4.79 Å². The highest BCUT2D eigenvalue weighted by Crippen LogP contribution is 2.33. The molecule has 0 unspecified atom stereocenters. The first kappa shape index (κ1) is 12.9. The number of thiophene rings is 1. The predicted octanol–water partition coefficient (Wildman–Crippen LogP) is 4.39. The SMILES string of the molecule is Cc1cccc(C(=O)c2cc3c(s2)CCSC3)c1C. The van der Waals surface area contributed by atoms with Gasteiger partial charge in [-0.25, -0.2) is 0 Å². The fourth-order valence-corrected chi connectivity index (χ4v) is 4.72. The summed E-state index contributed by atoms with van der Waals surface area (Å²) in [6.07, 6.45) is 1.12. The Bertz CT molecular complexity index is 617. The molecule has 0 amide bonds. The minimum atomic E-state index is 0.186. The summed E-state index contributed by atoms with van der Waals surface area (Å²) in [6.45, 7) is 4.09. The molecule has 1 nitrogen and oxygen atoms in total. The summed E-state index contributed by atoms with van der Waals surface area (Å²) in [7, 11) is 0. The van der Waals surface area contributed by atoms with Crippen molar-refractivity contribution < 1.29 is 4.79 Å². The van der Waals surface area contributed by atoms with Crippen LogP contribution in [-0.4, -0.2) is 11.5 Å². The van der Waals surface area contributed by atoms with E-state index in [1.807, 2.05) is 30.8 Å². The second kappa shape index (κ2) is 5.14. The van der Waals surface area contributed by atoms with Crippen LogP contribution in [-0.2, 0) is 12.2 Å². The average Bonchev–Trinajstić information content (AvgIpc) is 2.85. The third kappa shape index (κ3) is 2.37. The van der Waals surface area contributed by atoms with E-state index in [0.717, 1.165) is 28.2 Å². The Morgan fingerprint density at radius 1 is 1.26 bits per heavy atom. The first-order valence-corrected chi connectivity index (χ1v) is 8.44. The summed E-state index contributed by atoms with van der Waals surface area (Å²) in [5.74, 6) is 2.43. The van der Waals surface area contributed by atoms with Crippen molar-refractivity contribution in [3.63, 3.8) is 0 Å². The van der Waals surface area contributed by atoms with Crippen LogP contribution < -0.4 is 0 Å². The predicted molar refractivity (Wildman–Crippen MR) is 83.5 cm³/mol. The van der Waals surface area contributed by atoms with E-state index in [1.165, 1.54) is 21.8 Å². The highest BCUT2D eigenvalue weighted by Gasteiger charge is 2.19. The van der Waals surface area contributed by atoms with E-state index < -0.39 is 0 Å². The van der Waals surface area contributed by atoms with Crippen molar-refractivity contribution in [3.05, 3.63) is 56.3 Å². The molecule has 0 atom stereocenters. The highest BCUT2D eigenvalue weighted by molar-refractivity contribution is 7.98. The van der Waals surface area contributed by atoms with Crippen molar-refractivity contribution >= 4 is 28.9 Å². The zero-order valence-corrected chi connectivity index (χ0v) is 12.8. The van der Waals surface area contributed by atoms with Gasteiger partial charge in [-0.2, -0.15) is 11.8 Å². The number of fused-ring (bicyclic) bond motifs is 1. The Labute approximate surface area is 122 Å². The number of carbonyl (C=O) groups is 1. The Morgan fingerprint density at radius 3 is 2.89 bits per heavy atom. The van der Waals surface area contributed by atoms with Crippen LogP contribution in [0.25, 0.3) is 0 Å². The van der Waals surface area contributed by atoms with Crippen molar-refractivity contribution in [2.24, 2.45) is 0 Å². The number of hydrogen-bond donors (Lipinski definition) is 0. The van der Waals surface area contributed by atoms with Crippen LogP contribution in [0.2, 0.25) is 0 Å². The first-order chi connectivity index (χ1) is 9.16. The first-order valence-electron chi connectivity index (χ1n) is 6.47. The molecule has 2 aromatic rings. The average molecular weight is 288 g/mol. The van der Waals surface area contributed by atoms with Crippen molar-refractivity contribution in [2.75, 3.05) is 5.75 Å². The molecule has 98 valence electrons. The molecule has 0 saturated heterocycles. The number of rotatable bonds is 2. The molecular formula is C16H16OS2. The fourth-order valence-electron chi connectivity index (χ4n) is 2.39. The van der Waals surface area contributed by atoms with E-state index in [9.17, 15) is 4.79 Å². The quantitative estimate of drug-likeness (QED) is 0.763. The van der Waals surface area contributed by atoms with Crippen LogP contribution in [0.1, 0.15) is 36.8 Å². The van der Waals surface area contributed by atoms with Gasteiger partial charge in [0, 0.05) is 16.2 Å². The number of benzene rings is 1. The second-order valence-electron chi connectivity index (χ2n) is 4.94. The van der Waals surface area contributed by atoms with Gasteiger partial charge in [0.15, 0.2) is 0 Å². The highest BCUT2D eigenvalue weighted by atomic mass is 32.2. The Hall–Kier alpha value is -1.06. The second-order valence-corrected chi connectivity index (χ2v) is 7.18. The molecule has 0 N–H and O–H groups in total. The van der Waals surface area contributed by atoms with Gasteiger partial charge < -0.3 is 0 Å². The Morgan fingerprint density at radius 2 is 2.11 bits per heavy atom. The molecule has 0 saturated carbocycles. The normalized spacial score (nSPS) is 14.2. The number of hydrogen-bond acceptors (Lipinski definition) is 3. The maximum Gasteiger partial charge on any atom is 0.203 e. The summed E-state index contributed by atoms with van der Waals surface area (Å²) >= 11 is 3.65. The van der Waals surface area contributed by atoms with E-state index in [1.54, 1.807) is 11.3 Å². The third-order valence-electron chi connectivity index (χ3n) is 3.70. The molecule has 1 aliphatic heterocycles. The van der Waals surface area contributed by atoms with Gasteiger partial charge in [0.25, 0.3) is 0 Å². The molecule has 1 aromatic heterocycles. The topological polar surface area (TPSA) is 17.1 Å². The van der Waals surface area contributed by atoms with Crippen LogP contribution in [0.15, 0.2) is 24.3 Å². The molecule has 0 spiro atoms. The summed E-state index contributed by atoms with van der Waals surface area (Å²) in [5.41, 5.74) is 4.51. The number of thioether (sulfide) groups is 1. The Kier molecular flexibility index (Phi) is 3.50. The lowest BCUT2D eigenvalue weighted by atomic mass is 9.99. The van der Waals surface area contributed by atoms with Gasteiger partial charge in [-0.1, -0.05) is 18.2 Å². The molecule has 1 aromatic carbocycles. The molecule has 0 radical (unpaired) electrons. The maximum absolute atomic E-state index is 12.6. The molecule has 2 heterocycles. The van der Waals surface area contributed by atoms with Crippen molar-refractivity contribution in [1.29, 1.82) is 0 Å². The standard InChI is InChI=1S/C16H16OS2/c1-10-4-3-5-13(11(10)2)16(17)15-8-12-9-18-7-6-14(12)19-15/h3-5,8H,6-7,9H2,1-2H3. The lowest BCUT2D eigenvalue weighted by molar-refractivity contribution is 0.104. The Balaban J connectivity index is 2.00. The summed E-state index contributed by atoms with van der Waals surface area (Å²) in [6, 6.07) is 8.08. The van der Waals surface area contributed by atoms with Crippen molar-refractivity contribution in [3.8, 4) is 0 Å². The molecule has 3 heteroatoms. The number of ketones is 1. The third-order valence-corrected chi connectivity index (χ3v) is 5.94. The van der Waals surface area contributed by atoms with E-state index in [0.29, 0.717) is 0 Å². The molecule has 1 aliphatic rings. The number of aryl methyl sites for hydroxylation is 2. The van der Waals surface area contributed by atoms with Crippen molar-refractivity contribution in [1.82, 2.24) is 0 Å². The van der Waals surface area contributed by atoms with Crippen LogP contribution in [0.3, 0.4) is 0 Å². The van der Waals surface area contributed by atoms with Crippen LogP contribution in [0.4, 0.5) is 0 Å². The largest absolute Gasteiger partial charge is 0.288 e. The molecule has 0 fully saturated rings. The van der Waals surface area contributed by atoms with E-state index in [4.69, 9.17) is 0 Å². The molecular weight excluding hydrogens is 272 g/mol. The van der Waals surface area contributed by atoms with Crippen molar-refractivity contribution in [2.45, 2.75) is 26.0 Å². The zero-order valence-electron chi connectivity index (χ0n) is 11.2. The summed E-state index contributed by atoms with van der Waals surface area (Å²) in [4.78, 5) is 15.0. The molecule has 3 rings (SSSR count). The zero-order chi connectivity index (χ0) is 13.4. The molecule has 19 heavy (non-hydrogen) atoms. The summed E-state index contributed by atoms with van der Waals surface area (Å²) in [5, 5.41) is 0. The van der Waals surface area contributed by atoms with E-state index in [2.05, 4.69) is 19.1 Å². The monoisotopic (exact) mass is 288 g/mol. The van der Waals surface area contributed by atoms with Crippen LogP contribution in [0.5, 0.6) is 0 Å². The fraction of sp³-hybridized carbons (Fsp3) is 0.312. The minimum Gasteiger partial charge on any atom is -0.288 e. The maximum atomic E-state index is 12.6. The number of carbonyl (C=O) groups excluding carboxylic acids is 1. The molecule has 0 aliphatic carbocycles. The smallest absolute Gasteiger partial charge is 0.203 e. The van der Waals surface area contributed by atoms with Gasteiger partial charge in [0.2, 0.25) is 5.78 Å².